The number of hydrogen-bond donors (Lipinski definition) is 2. The maximum absolute atomic E-state index is 17.0. The van der Waals surface area contributed by atoms with Gasteiger partial charge in [0.25, 0.3) is 0 Å². The summed E-state index contributed by atoms with van der Waals surface area (Å²) in [5, 5.41) is 22.8. The minimum absolute atomic E-state index is 0.0271. The number of piperidine rings is 2. The normalized spacial score (nSPS) is 29.6. The molecule has 0 radical (unpaired) electrons. The molecule has 270 valence electrons. The summed E-state index contributed by atoms with van der Waals surface area (Å²) in [6.07, 6.45) is 13.8. The Kier molecular flexibility index (Phi) is 8.51. The lowest BCUT2D eigenvalue weighted by atomic mass is 9.74. The summed E-state index contributed by atoms with van der Waals surface area (Å²) >= 11 is 0. The SMILES string of the molecule is CCc1c(F)ccc2cc(O)cc(-c3ncc4c(N5CCCC(O)C5)nc(OCC56CCCC5N(C5CC7CCC(C5)O7)CCC6)nc4c3F)c12. The number of aromatic hydroxyl groups is 1. The molecule has 6 heterocycles. The Morgan fingerprint density at radius 3 is 2.63 bits per heavy atom. The molecular formula is C40H47F2N5O4. The monoisotopic (exact) mass is 699 g/mol. The Morgan fingerprint density at radius 2 is 1.82 bits per heavy atom. The van der Waals surface area contributed by atoms with Crippen molar-refractivity contribution in [1.82, 2.24) is 19.9 Å². The summed E-state index contributed by atoms with van der Waals surface area (Å²) in [4.78, 5) is 18.9. The van der Waals surface area contributed by atoms with E-state index in [0.717, 1.165) is 57.9 Å². The first-order chi connectivity index (χ1) is 24.8. The van der Waals surface area contributed by atoms with E-state index in [2.05, 4.69) is 9.88 Å². The summed E-state index contributed by atoms with van der Waals surface area (Å²) in [7, 11) is 0. The van der Waals surface area contributed by atoms with Gasteiger partial charge in [-0.15, -0.1) is 0 Å². The van der Waals surface area contributed by atoms with Crippen LogP contribution in [0.3, 0.4) is 0 Å². The second-order valence-corrected chi connectivity index (χ2v) is 15.7. The molecule has 4 aromatic rings. The van der Waals surface area contributed by atoms with Crippen molar-refractivity contribution in [3.63, 3.8) is 0 Å². The molecular weight excluding hydrogens is 652 g/mol. The van der Waals surface area contributed by atoms with Crippen LogP contribution < -0.4 is 9.64 Å². The zero-order valence-electron chi connectivity index (χ0n) is 29.3. The van der Waals surface area contributed by atoms with E-state index in [-0.39, 0.29) is 28.4 Å². The third-order valence-corrected chi connectivity index (χ3v) is 12.7. The van der Waals surface area contributed by atoms with Crippen LogP contribution in [-0.2, 0) is 11.2 Å². The number of nitrogens with zero attached hydrogens (tertiary/aromatic N) is 5. The lowest BCUT2D eigenvalue weighted by Crippen LogP contribution is -2.57. The largest absolute Gasteiger partial charge is 0.508 e. The maximum Gasteiger partial charge on any atom is 0.319 e. The fourth-order valence-electron chi connectivity index (χ4n) is 10.4. The van der Waals surface area contributed by atoms with E-state index in [1.54, 1.807) is 18.3 Å². The number of aryl methyl sites for hydroxylation is 1. The van der Waals surface area contributed by atoms with Crippen LogP contribution in [0.4, 0.5) is 14.6 Å². The van der Waals surface area contributed by atoms with E-state index >= 15 is 8.78 Å². The number of β-amino-alcohol motifs (C(OH)–C–C–N with tert-alkyl or cyclic N) is 1. The number of fused-ring (bicyclic) bond motifs is 5. The molecule has 4 aliphatic heterocycles. The number of halogens is 2. The first-order valence-corrected chi connectivity index (χ1v) is 19.1. The van der Waals surface area contributed by atoms with Crippen molar-refractivity contribution >= 4 is 27.5 Å². The molecule has 5 fully saturated rings. The van der Waals surface area contributed by atoms with Crippen LogP contribution in [0.1, 0.15) is 83.1 Å². The average Bonchev–Trinajstić information content (AvgIpc) is 3.72. The van der Waals surface area contributed by atoms with E-state index in [0.29, 0.717) is 89.9 Å². The van der Waals surface area contributed by atoms with Gasteiger partial charge in [0.05, 0.1) is 30.3 Å². The number of aliphatic hydroxyl groups excluding tert-OH is 1. The molecule has 5 unspecified atom stereocenters. The highest BCUT2D eigenvalue weighted by Crippen LogP contribution is 2.50. The van der Waals surface area contributed by atoms with Gasteiger partial charge in [0, 0.05) is 42.3 Å². The number of pyridine rings is 1. The predicted octanol–water partition coefficient (Wildman–Crippen LogP) is 7.08. The van der Waals surface area contributed by atoms with Crippen molar-refractivity contribution in [1.29, 1.82) is 0 Å². The van der Waals surface area contributed by atoms with Gasteiger partial charge in [-0.05, 0) is 112 Å². The molecule has 9 nitrogen and oxygen atoms in total. The summed E-state index contributed by atoms with van der Waals surface area (Å²) < 4.78 is 44.9. The molecule has 4 saturated heterocycles. The fraction of sp³-hybridized carbons (Fsp3) is 0.575. The Morgan fingerprint density at radius 1 is 1.00 bits per heavy atom. The lowest BCUT2D eigenvalue weighted by molar-refractivity contribution is -0.0798. The van der Waals surface area contributed by atoms with Gasteiger partial charge in [-0.1, -0.05) is 19.4 Å². The highest BCUT2D eigenvalue weighted by Gasteiger charge is 2.51. The molecule has 0 spiro atoms. The number of hydrogen-bond acceptors (Lipinski definition) is 9. The zero-order chi connectivity index (χ0) is 34.9. The van der Waals surface area contributed by atoms with Crippen LogP contribution >= 0.6 is 0 Å². The van der Waals surface area contributed by atoms with Crippen LogP contribution in [0.25, 0.3) is 32.9 Å². The molecule has 2 aromatic carbocycles. The van der Waals surface area contributed by atoms with Gasteiger partial charge in [-0.3, -0.25) is 9.88 Å². The quantitative estimate of drug-likeness (QED) is 0.210. The van der Waals surface area contributed by atoms with E-state index in [4.69, 9.17) is 19.4 Å². The number of phenolic OH excluding ortho intramolecular Hbond substituents is 1. The average molecular weight is 700 g/mol. The van der Waals surface area contributed by atoms with Gasteiger partial charge >= 0.3 is 6.01 Å². The van der Waals surface area contributed by atoms with Gasteiger partial charge in [0.2, 0.25) is 0 Å². The van der Waals surface area contributed by atoms with Crippen molar-refractivity contribution in [2.24, 2.45) is 5.41 Å². The minimum Gasteiger partial charge on any atom is -0.508 e. The van der Waals surface area contributed by atoms with E-state index in [1.807, 2.05) is 11.8 Å². The van der Waals surface area contributed by atoms with Gasteiger partial charge < -0.3 is 24.6 Å². The molecule has 2 aromatic heterocycles. The fourth-order valence-corrected chi connectivity index (χ4v) is 10.4. The van der Waals surface area contributed by atoms with E-state index < -0.39 is 17.7 Å². The molecule has 51 heavy (non-hydrogen) atoms. The summed E-state index contributed by atoms with van der Waals surface area (Å²) in [5.74, 6) is -0.664. The molecule has 9 rings (SSSR count). The third kappa shape index (κ3) is 5.80. The Bertz CT molecular complexity index is 1970. The Balaban J connectivity index is 1.10. The summed E-state index contributed by atoms with van der Waals surface area (Å²) in [6.45, 7) is 4.42. The van der Waals surface area contributed by atoms with Crippen LogP contribution in [0.15, 0.2) is 30.5 Å². The number of aromatic nitrogens is 3. The molecule has 0 amide bonds. The topological polar surface area (TPSA) is 104 Å². The van der Waals surface area contributed by atoms with Crippen molar-refractivity contribution < 1.29 is 28.5 Å². The molecule has 5 aliphatic rings. The van der Waals surface area contributed by atoms with Crippen molar-refractivity contribution in [2.75, 3.05) is 31.1 Å². The number of ether oxygens (including phenoxy) is 2. The number of benzene rings is 2. The van der Waals surface area contributed by atoms with Crippen LogP contribution in [0.5, 0.6) is 11.8 Å². The molecule has 5 atom stereocenters. The minimum atomic E-state index is -0.688. The molecule has 2 N–H and O–H groups in total. The highest BCUT2D eigenvalue weighted by molar-refractivity contribution is 6.01. The van der Waals surface area contributed by atoms with Gasteiger partial charge in [0.1, 0.15) is 28.6 Å². The summed E-state index contributed by atoms with van der Waals surface area (Å²) in [5.41, 5.74) is 0.723. The second kappa shape index (κ2) is 13.1. The van der Waals surface area contributed by atoms with Crippen molar-refractivity contribution in [3.8, 4) is 23.0 Å². The second-order valence-electron chi connectivity index (χ2n) is 15.7. The van der Waals surface area contributed by atoms with Crippen LogP contribution in [-0.4, -0.2) is 86.7 Å². The van der Waals surface area contributed by atoms with Gasteiger partial charge in [0.15, 0.2) is 5.82 Å². The number of aliphatic hydroxyl groups is 1. The maximum atomic E-state index is 17.0. The van der Waals surface area contributed by atoms with Gasteiger partial charge in [-0.25, -0.2) is 8.78 Å². The molecule has 2 bridgehead atoms. The third-order valence-electron chi connectivity index (χ3n) is 12.7. The number of rotatable bonds is 7. The van der Waals surface area contributed by atoms with Crippen LogP contribution in [0, 0.1) is 17.0 Å². The first kappa shape index (κ1) is 33.2. The van der Waals surface area contributed by atoms with Crippen molar-refractivity contribution in [2.45, 2.75) is 114 Å². The Hall–Kier alpha value is -3.67. The molecule has 1 aliphatic carbocycles. The number of phenols is 1. The molecule has 11 heteroatoms. The van der Waals surface area contributed by atoms with Crippen molar-refractivity contribution in [3.05, 3.63) is 47.7 Å². The smallest absolute Gasteiger partial charge is 0.319 e. The van der Waals surface area contributed by atoms with Gasteiger partial charge in [-0.2, -0.15) is 9.97 Å². The summed E-state index contributed by atoms with van der Waals surface area (Å²) in [6, 6.07) is 7.03. The first-order valence-electron chi connectivity index (χ1n) is 19.1. The van der Waals surface area contributed by atoms with E-state index in [1.165, 1.54) is 25.0 Å². The number of likely N-dealkylation sites (tertiary alicyclic amines) is 1. The number of anilines is 1. The lowest BCUT2D eigenvalue weighted by Gasteiger charge is -2.50. The highest BCUT2D eigenvalue weighted by atomic mass is 19.1. The standard InChI is InChI=1S/C40H47F2N5O4/c1-2-29-32(41)11-8-23-16-26(49)19-30(34(23)29)36-35(42)37-31(20-43-36)38(46-14-4-6-25(48)21-46)45-39(44-37)50-22-40-12-3-7-33(40)47(15-5-13-40)24-17-27-9-10-28(18-24)51-27/h8,11,16,19-20,24-25,27-28,33,48-49H,2-7,9-10,12-15,17-18,21-22H2,1H3. The molecule has 1 saturated carbocycles. The van der Waals surface area contributed by atoms with Crippen LogP contribution in [0.2, 0.25) is 0 Å². The Labute approximate surface area is 297 Å². The zero-order valence-corrected chi connectivity index (χ0v) is 29.3. The predicted molar refractivity (Wildman–Crippen MR) is 191 cm³/mol. The van der Waals surface area contributed by atoms with E-state index in [9.17, 15) is 10.2 Å².